The van der Waals surface area contributed by atoms with Crippen LogP contribution in [0.1, 0.15) is 25.5 Å². The molecule has 0 saturated heterocycles. The first-order valence-corrected chi connectivity index (χ1v) is 6.57. The van der Waals surface area contributed by atoms with E-state index in [0.717, 1.165) is 24.1 Å². The molecule has 1 aromatic carbocycles. The van der Waals surface area contributed by atoms with Crippen LogP contribution in [0, 0.1) is 6.92 Å². The average molecular weight is 243 g/mol. The second kappa shape index (κ2) is 5.83. The molecular formula is C15H21N3. The second-order valence-corrected chi connectivity index (χ2v) is 4.66. The highest BCUT2D eigenvalue weighted by Gasteiger charge is 2.08. The van der Waals surface area contributed by atoms with E-state index in [1.807, 2.05) is 13.0 Å². The summed E-state index contributed by atoms with van der Waals surface area (Å²) in [6.45, 7) is 4.93. The van der Waals surface area contributed by atoms with E-state index < -0.39 is 0 Å². The summed E-state index contributed by atoms with van der Waals surface area (Å²) >= 11 is 0. The van der Waals surface area contributed by atoms with Crippen LogP contribution in [0.15, 0.2) is 30.3 Å². The first kappa shape index (κ1) is 12.8. The van der Waals surface area contributed by atoms with Crippen molar-refractivity contribution >= 4 is 16.6 Å². The summed E-state index contributed by atoms with van der Waals surface area (Å²) < 4.78 is 0. The summed E-state index contributed by atoms with van der Waals surface area (Å²) in [5.41, 5.74) is 8.90. The minimum absolute atomic E-state index is 0.431. The highest BCUT2D eigenvalue weighted by Crippen LogP contribution is 2.24. The van der Waals surface area contributed by atoms with Crippen molar-refractivity contribution in [2.45, 2.75) is 32.7 Å². The topological polar surface area (TPSA) is 50.9 Å². The number of nitrogens with one attached hydrogen (secondary N) is 1. The van der Waals surface area contributed by atoms with E-state index in [0.29, 0.717) is 12.6 Å². The van der Waals surface area contributed by atoms with Gasteiger partial charge in [0.25, 0.3) is 0 Å². The van der Waals surface area contributed by atoms with Gasteiger partial charge >= 0.3 is 0 Å². The zero-order chi connectivity index (χ0) is 13.0. The Kier molecular flexibility index (Phi) is 4.15. The highest BCUT2D eigenvalue weighted by atomic mass is 14.9. The van der Waals surface area contributed by atoms with Gasteiger partial charge in [-0.3, -0.25) is 4.98 Å². The SMILES string of the molecule is CCC(CCN)Nc1cc(C)nc2ccccc12. The highest BCUT2D eigenvalue weighted by molar-refractivity contribution is 5.91. The first-order valence-electron chi connectivity index (χ1n) is 6.57. The summed E-state index contributed by atoms with van der Waals surface area (Å²) in [5, 5.41) is 4.77. The Morgan fingerprint density at radius 1 is 1.33 bits per heavy atom. The number of pyridine rings is 1. The van der Waals surface area contributed by atoms with Gasteiger partial charge in [-0.05, 0) is 38.4 Å². The molecule has 1 atom stereocenters. The normalized spacial score (nSPS) is 12.6. The predicted octanol–water partition coefficient (Wildman–Crippen LogP) is 3.08. The van der Waals surface area contributed by atoms with Crippen molar-refractivity contribution in [2.75, 3.05) is 11.9 Å². The Morgan fingerprint density at radius 2 is 2.11 bits per heavy atom. The van der Waals surface area contributed by atoms with Crippen molar-refractivity contribution in [3.05, 3.63) is 36.0 Å². The van der Waals surface area contributed by atoms with E-state index in [1.54, 1.807) is 0 Å². The van der Waals surface area contributed by atoms with Crippen molar-refractivity contribution < 1.29 is 0 Å². The van der Waals surface area contributed by atoms with Gasteiger partial charge in [0, 0.05) is 22.8 Å². The molecule has 0 aliphatic carbocycles. The fourth-order valence-corrected chi connectivity index (χ4v) is 2.23. The number of benzene rings is 1. The molecule has 18 heavy (non-hydrogen) atoms. The van der Waals surface area contributed by atoms with Gasteiger partial charge in [-0.1, -0.05) is 25.1 Å². The van der Waals surface area contributed by atoms with Gasteiger partial charge in [0.2, 0.25) is 0 Å². The number of aromatic nitrogens is 1. The molecule has 3 N–H and O–H groups in total. The first-order chi connectivity index (χ1) is 8.74. The maximum absolute atomic E-state index is 5.65. The Bertz CT molecular complexity index is 522. The molecule has 1 unspecified atom stereocenters. The zero-order valence-corrected chi connectivity index (χ0v) is 11.1. The molecule has 2 aromatic rings. The Balaban J connectivity index is 2.37. The fourth-order valence-electron chi connectivity index (χ4n) is 2.23. The van der Waals surface area contributed by atoms with Crippen molar-refractivity contribution in [2.24, 2.45) is 5.73 Å². The molecule has 0 radical (unpaired) electrons. The van der Waals surface area contributed by atoms with Crippen molar-refractivity contribution in [1.82, 2.24) is 4.98 Å². The van der Waals surface area contributed by atoms with Gasteiger partial charge in [-0.25, -0.2) is 0 Å². The maximum Gasteiger partial charge on any atom is 0.0725 e. The summed E-state index contributed by atoms with van der Waals surface area (Å²) in [5.74, 6) is 0. The number of fused-ring (bicyclic) bond motifs is 1. The molecule has 1 heterocycles. The van der Waals surface area contributed by atoms with Crippen LogP contribution in [0.3, 0.4) is 0 Å². The Morgan fingerprint density at radius 3 is 2.83 bits per heavy atom. The van der Waals surface area contributed by atoms with Crippen LogP contribution in [-0.2, 0) is 0 Å². The molecule has 0 aliphatic heterocycles. The van der Waals surface area contributed by atoms with Crippen LogP contribution in [0.25, 0.3) is 10.9 Å². The fraction of sp³-hybridized carbons (Fsp3) is 0.400. The van der Waals surface area contributed by atoms with Gasteiger partial charge in [0.1, 0.15) is 0 Å². The van der Waals surface area contributed by atoms with Crippen molar-refractivity contribution in [3.8, 4) is 0 Å². The summed E-state index contributed by atoms with van der Waals surface area (Å²) in [4.78, 5) is 4.55. The molecule has 0 amide bonds. The van der Waals surface area contributed by atoms with E-state index in [4.69, 9.17) is 5.73 Å². The minimum atomic E-state index is 0.431. The van der Waals surface area contributed by atoms with Gasteiger partial charge < -0.3 is 11.1 Å². The number of hydrogen-bond donors (Lipinski definition) is 2. The summed E-state index contributed by atoms with van der Waals surface area (Å²) in [6.07, 6.45) is 2.07. The minimum Gasteiger partial charge on any atom is -0.382 e. The summed E-state index contributed by atoms with van der Waals surface area (Å²) in [6, 6.07) is 10.8. The van der Waals surface area contributed by atoms with Crippen molar-refractivity contribution in [1.29, 1.82) is 0 Å². The lowest BCUT2D eigenvalue weighted by Crippen LogP contribution is -2.22. The van der Waals surface area contributed by atoms with Gasteiger partial charge in [-0.2, -0.15) is 0 Å². The number of para-hydroxylation sites is 1. The maximum atomic E-state index is 5.65. The smallest absolute Gasteiger partial charge is 0.0725 e. The standard InChI is InChI=1S/C15H21N3/c1-3-12(8-9-16)18-15-10-11(2)17-14-7-5-4-6-13(14)15/h4-7,10,12H,3,8-9,16H2,1-2H3,(H,17,18). The molecular weight excluding hydrogens is 222 g/mol. The van der Waals surface area contributed by atoms with Crippen LogP contribution in [0.5, 0.6) is 0 Å². The molecule has 0 fully saturated rings. The molecule has 0 saturated carbocycles. The monoisotopic (exact) mass is 243 g/mol. The lowest BCUT2D eigenvalue weighted by Gasteiger charge is -2.19. The lowest BCUT2D eigenvalue weighted by molar-refractivity contribution is 0.642. The molecule has 2 rings (SSSR count). The molecule has 1 aromatic heterocycles. The van der Waals surface area contributed by atoms with Crippen LogP contribution in [-0.4, -0.2) is 17.6 Å². The van der Waals surface area contributed by atoms with Crippen LogP contribution in [0.2, 0.25) is 0 Å². The number of hydrogen-bond acceptors (Lipinski definition) is 3. The van der Waals surface area contributed by atoms with E-state index in [-0.39, 0.29) is 0 Å². The number of aryl methyl sites for hydroxylation is 1. The molecule has 3 nitrogen and oxygen atoms in total. The van der Waals surface area contributed by atoms with E-state index in [1.165, 1.54) is 11.1 Å². The van der Waals surface area contributed by atoms with Crippen LogP contribution < -0.4 is 11.1 Å². The van der Waals surface area contributed by atoms with E-state index in [2.05, 4.69) is 41.5 Å². The Hall–Kier alpha value is -1.61. The van der Waals surface area contributed by atoms with Crippen LogP contribution in [0.4, 0.5) is 5.69 Å². The molecule has 0 bridgehead atoms. The third-order valence-electron chi connectivity index (χ3n) is 3.21. The van der Waals surface area contributed by atoms with Crippen molar-refractivity contribution in [3.63, 3.8) is 0 Å². The third-order valence-corrected chi connectivity index (χ3v) is 3.21. The third kappa shape index (κ3) is 2.79. The number of nitrogens with zero attached hydrogens (tertiary/aromatic N) is 1. The Labute approximate surface area is 108 Å². The van der Waals surface area contributed by atoms with E-state index >= 15 is 0 Å². The molecule has 0 aliphatic rings. The number of nitrogens with two attached hydrogens (primary N) is 1. The molecule has 0 spiro atoms. The number of anilines is 1. The number of rotatable bonds is 5. The van der Waals surface area contributed by atoms with Gasteiger partial charge in [-0.15, -0.1) is 0 Å². The van der Waals surface area contributed by atoms with E-state index in [9.17, 15) is 0 Å². The molecule has 3 heteroatoms. The lowest BCUT2D eigenvalue weighted by atomic mass is 10.1. The quantitative estimate of drug-likeness (QED) is 0.848. The van der Waals surface area contributed by atoms with Gasteiger partial charge in [0.05, 0.1) is 5.52 Å². The predicted molar refractivity (Wildman–Crippen MR) is 77.9 cm³/mol. The molecule has 96 valence electrons. The van der Waals surface area contributed by atoms with Crippen LogP contribution >= 0.6 is 0 Å². The largest absolute Gasteiger partial charge is 0.382 e. The second-order valence-electron chi connectivity index (χ2n) is 4.66. The summed E-state index contributed by atoms with van der Waals surface area (Å²) in [7, 11) is 0. The average Bonchev–Trinajstić information content (AvgIpc) is 2.38. The van der Waals surface area contributed by atoms with Gasteiger partial charge in [0.15, 0.2) is 0 Å². The zero-order valence-electron chi connectivity index (χ0n) is 11.1.